The molecule has 23 heavy (non-hydrogen) atoms. The van der Waals surface area contributed by atoms with E-state index >= 15 is 0 Å². The van der Waals surface area contributed by atoms with Gasteiger partial charge in [-0.1, -0.05) is 0 Å². The maximum Gasteiger partial charge on any atom is 0.336 e. The highest BCUT2D eigenvalue weighted by Gasteiger charge is 2.08. The van der Waals surface area contributed by atoms with Gasteiger partial charge in [-0.2, -0.15) is 5.26 Å². The number of amides is 1. The molecule has 3 aromatic rings. The molecule has 0 unspecified atom stereocenters. The molecule has 0 fully saturated rings. The van der Waals surface area contributed by atoms with Crippen molar-refractivity contribution in [2.24, 2.45) is 0 Å². The second kappa shape index (κ2) is 5.78. The number of anilines is 1. The van der Waals surface area contributed by atoms with Crippen LogP contribution in [0, 0.1) is 18.3 Å². The van der Waals surface area contributed by atoms with Gasteiger partial charge in [0, 0.05) is 28.8 Å². The minimum absolute atomic E-state index is 0.302. The average Bonchev–Trinajstić information content (AvgIpc) is 2.54. The number of rotatable bonds is 2. The Morgan fingerprint density at radius 2 is 1.87 bits per heavy atom. The molecule has 1 aromatic heterocycles. The number of benzene rings is 2. The van der Waals surface area contributed by atoms with Gasteiger partial charge in [0.2, 0.25) is 0 Å². The molecule has 3 rings (SSSR count). The number of carbonyl (C=O) groups is 1. The second-order valence-electron chi connectivity index (χ2n) is 5.10. The summed E-state index contributed by atoms with van der Waals surface area (Å²) in [6.07, 6.45) is 0. The molecule has 0 bridgehead atoms. The highest BCUT2D eigenvalue weighted by atomic mass is 16.4. The summed E-state index contributed by atoms with van der Waals surface area (Å²) >= 11 is 0. The minimum Gasteiger partial charge on any atom is -0.423 e. The maximum atomic E-state index is 12.2. The zero-order valence-electron chi connectivity index (χ0n) is 12.3. The fourth-order valence-corrected chi connectivity index (χ4v) is 2.30. The van der Waals surface area contributed by atoms with Crippen molar-refractivity contribution in [1.82, 2.24) is 0 Å². The van der Waals surface area contributed by atoms with Crippen LogP contribution in [0.25, 0.3) is 11.0 Å². The van der Waals surface area contributed by atoms with Crippen LogP contribution in [0.2, 0.25) is 0 Å². The SMILES string of the molecule is Cc1cc(=O)oc2cc(NC(=O)c3ccc(C#N)cc3)ccc12. The highest BCUT2D eigenvalue weighted by molar-refractivity contribution is 6.05. The number of aryl methyl sites for hydroxylation is 1. The third-order valence-electron chi connectivity index (χ3n) is 3.49. The number of carbonyl (C=O) groups excluding carboxylic acids is 1. The van der Waals surface area contributed by atoms with E-state index in [1.807, 2.05) is 13.0 Å². The van der Waals surface area contributed by atoms with Crippen LogP contribution in [0.15, 0.2) is 57.7 Å². The molecule has 0 radical (unpaired) electrons. The molecule has 1 heterocycles. The molecule has 0 spiro atoms. The molecule has 5 heteroatoms. The Labute approximate surface area is 131 Å². The van der Waals surface area contributed by atoms with E-state index in [2.05, 4.69) is 5.32 Å². The van der Waals surface area contributed by atoms with Gasteiger partial charge in [-0.15, -0.1) is 0 Å². The van der Waals surface area contributed by atoms with Gasteiger partial charge in [0.25, 0.3) is 5.91 Å². The number of nitrogens with zero attached hydrogens (tertiary/aromatic N) is 1. The monoisotopic (exact) mass is 304 g/mol. The third kappa shape index (κ3) is 2.97. The third-order valence-corrected chi connectivity index (χ3v) is 3.49. The van der Waals surface area contributed by atoms with Crippen molar-refractivity contribution in [1.29, 1.82) is 5.26 Å². The van der Waals surface area contributed by atoms with E-state index in [0.29, 0.717) is 22.4 Å². The van der Waals surface area contributed by atoms with Crippen molar-refractivity contribution < 1.29 is 9.21 Å². The van der Waals surface area contributed by atoms with Gasteiger partial charge < -0.3 is 9.73 Å². The molecule has 0 saturated carbocycles. The fourth-order valence-electron chi connectivity index (χ4n) is 2.30. The average molecular weight is 304 g/mol. The number of nitriles is 1. The van der Waals surface area contributed by atoms with E-state index in [1.54, 1.807) is 42.5 Å². The summed E-state index contributed by atoms with van der Waals surface area (Å²) in [5.74, 6) is -0.302. The first-order valence-corrected chi connectivity index (χ1v) is 6.93. The molecule has 0 atom stereocenters. The van der Waals surface area contributed by atoms with Crippen molar-refractivity contribution in [2.45, 2.75) is 6.92 Å². The summed E-state index contributed by atoms with van der Waals surface area (Å²) in [7, 11) is 0. The van der Waals surface area contributed by atoms with Gasteiger partial charge >= 0.3 is 5.63 Å². The summed E-state index contributed by atoms with van der Waals surface area (Å²) in [6, 6.07) is 14.9. The first-order valence-electron chi connectivity index (χ1n) is 6.93. The molecule has 0 aliphatic rings. The summed E-state index contributed by atoms with van der Waals surface area (Å²) in [4.78, 5) is 23.6. The molecule has 1 N–H and O–H groups in total. The first-order chi connectivity index (χ1) is 11.1. The van der Waals surface area contributed by atoms with Gasteiger partial charge in [0.1, 0.15) is 5.58 Å². The summed E-state index contributed by atoms with van der Waals surface area (Å²) in [5.41, 5.74) is 2.28. The predicted molar refractivity (Wildman–Crippen MR) is 86.3 cm³/mol. The van der Waals surface area contributed by atoms with Crippen LogP contribution in [-0.4, -0.2) is 5.91 Å². The van der Waals surface area contributed by atoms with Crippen LogP contribution in [-0.2, 0) is 0 Å². The van der Waals surface area contributed by atoms with Crippen LogP contribution < -0.4 is 10.9 Å². The summed E-state index contributed by atoms with van der Waals surface area (Å²) < 4.78 is 5.16. The van der Waals surface area contributed by atoms with Gasteiger partial charge in [-0.3, -0.25) is 4.79 Å². The van der Waals surface area contributed by atoms with E-state index in [9.17, 15) is 9.59 Å². The van der Waals surface area contributed by atoms with Crippen LogP contribution in [0.1, 0.15) is 21.5 Å². The number of hydrogen-bond acceptors (Lipinski definition) is 4. The van der Waals surface area contributed by atoms with Gasteiger partial charge in [0.15, 0.2) is 0 Å². The standard InChI is InChI=1S/C18H12N2O3/c1-11-8-17(21)23-16-9-14(6-7-15(11)16)20-18(22)13-4-2-12(10-19)3-5-13/h2-9H,1H3,(H,20,22). The van der Waals surface area contributed by atoms with Crippen molar-refractivity contribution in [3.8, 4) is 6.07 Å². The van der Waals surface area contributed by atoms with Gasteiger partial charge in [-0.25, -0.2) is 4.79 Å². The van der Waals surface area contributed by atoms with Crippen LogP contribution in [0.4, 0.5) is 5.69 Å². The lowest BCUT2D eigenvalue weighted by atomic mass is 10.1. The summed E-state index contributed by atoms with van der Waals surface area (Å²) in [5, 5.41) is 12.3. The van der Waals surface area contributed by atoms with Crippen LogP contribution in [0.5, 0.6) is 0 Å². The normalized spacial score (nSPS) is 10.3. The van der Waals surface area contributed by atoms with Crippen molar-refractivity contribution >= 4 is 22.6 Å². The molecule has 1 amide bonds. The minimum atomic E-state index is -0.425. The molecular formula is C18H12N2O3. The van der Waals surface area contributed by atoms with Gasteiger partial charge in [0.05, 0.1) is 11.6 Å². The van der Waals surface area contributed by atoms with E-state index in [0.717, 1.165) is 10.9 Å². The Kier molecular flexibility index (Phi) is 3.65. The largest absolute Gasteiger partial charge is 0.423 e. The van der Waals surface area contributed by atoms with Crippen molar-refractivity contribution in [3.63, 3.8) is 0 Å². The van der Waals surface area contributed by atoms with Crippen molar-refractivity contribution in [2.75, 3.05) is 5.32 Å². The Morgan fingerprint density at radius 1 is 1.13 bits per heavy atom. The Hall–Kier alpha value is -3.39. The molecule has 0 aliphatic carbocycles. The van der Waals surface area contributed by atoms with E-state index in [-0.39, 0.29) is 5.91 Å². The number of nitrogens with one attached hydrogen (secondary N) is 1. The maximum absolute atomic E-state index is 12.2. The van der Waals surface area contributed by atoms with E-state index < -0.39 is 5.63 Å². The smallest absolute Gasteiger partial charge is 0.336 e. The zero-order valence-corrected chi connectivity index (χ0v) is 12.3. The summed E-state index contributed by atoms with van der Waals surface area (Å²) in [6.45, 7) is 1.83. The topological polar surface area (TPSA) is 83.1 Å². The highest BCUT2D eigenvalue weighted by Crippen LogP contribution is 2.21. The van der Waals surface area contributed by atoms with Crippen LogP contribution in [0.3, 0.4) is 0 Å². The fraction of sp³-hybridized carbons (Fsp3) is 0.0556. The lowest BCUT2D eigenvalue weighted by molar-refractivity contribution is 0.102. The lowest BCUT2D eigenvalue weighted by Gasteiger charge is -2.07. The van der Waals surface area contributed by atoms with Gasteiger partial charge in [-0.05, 0) is 48.9 Å². The van der Waals surface area contributed by atoms with E-state index in [4.69, 9.17) is 9.68 Å². The molecule has 2 aromatic carbocycles. The lowest BCUT2D eigenvalue weighted by Crippen LogP contribution is -2.11. The van der Waals surface area contributed by atoms with E-state index in [1.165, 1.54) is 6.07 Å². The molecular weight excluding hydrogens is 292 g/mol. The molecule has 5 nitrogen and oxygen atoms in total. The zero-order chi connectivity index (χ0) is 16.4. The van der Waals surface area contributed by atoms with Crippen LogP contribution >= 0.6 is 0 Å². The number of fused-ring (bicyclic) bond motifs is 1. The predicted octanol–water partition coefficient (Wildman–Crippen LogP) is 3.23. The molecule has 0 saturated heterocycles. The first kappa shape index (κ1) is 14.5. The quantitative estimate of drug-likeness (QED) is 0.737. The second-order valence-corrected chi connectivity index (χ2v) is 5.10. The van der Waals surface area contributed by atoms with Crippen molar-refractivity contribution in [3.05, 3.63) is 75.6 Å². The Morgan fingerprint density at radius 3 is 2.57 bits per heavy atom. The molecule has 112 valence electrons. The number of hydrogen-bond donors (Lipinski definition) is 1. The Balaban J connectivity index is 1.90. The Bertz CT molecular complexity index is 995. The molecule has 0 aliphatic heterocycles.